The van der Waals surface area contributed by atoms with Gasteiger partial charge in [0.1, 0.15) is 10.7 Å². The summed E-state index contributed by atoms with van der Waals surface area (Å²) < 4.78 is 0. The van der Waals surface area contributed by atoms with Gasteiger partial charge in [-0.25, -0.2) is 4.98 Å². The summed E-state index contributed by atoms with van der Waals surface area (Å²) >= 11 is 1.31. The molecule has 1 atom stereocenters. The highest BCUT2D eigenvalue weighted by Gasteiger charge is 2.20. The molecule has 0 spiro atoms. The van der Waals surface area contributed by atoms with Crippen LogP contribution in [0.3, 0.4) is 0 Å². The Balaban J connectivity index is 1.48. The number of carbonyl (C=O) groups excluding carboxylic acids is 2. The molecule has 170 valence electrons. The van der Waals surface area contributed by atoms with E-state index in [1.165, 1.54) is 16.7 Å². The van der Waals surface area contributed by atoms with Crippen LogP contribution in [0.25, 0.3) is 22.0 Å². The number of nitrogens with zero attached hydrogens (tertiary/aromatic N) is 2. The first-order valence-electron chi connectivity index (χ1n) is 11.1. The maximum Gasteiger partial charge on any atom is 0.263 e. The minimum absolute atomic E-state index is 0.0520. The molecule has 0 aliphatic carbocycles. The van der Waals surface area contributed by atoms with Gasteiger partial charge in [0, 0.05) is 19.0 Å². The van der Waals surface area contributed by atoms with Gasteiger partial charge in [-0.3, -0.25) is 14.6 Å². The van der Waals surface area contributed by atoms with E-state index in [-0.39, 0.29) is 17.9 Å². The Labute approximate surface area is 196 Å². The van der Waals surface area contributed by atoms with Crippen LogP contribution in [0.1, 0.15) is 53.6 Å². The van der Waals surface area contributed by atoms with E-state index in [9.17, 15) is 9.59 Å². The van der Waals surface area contributed by atoms with Crippen LogP contribution in [0.4, 0.5) is 0 Å². The van der Waals surface area contributed by atoms with Crippen LogP contribution in [-0.2, 0) is 4.79 Å². The molecule has 0 aliphatic heterocycles. The molecule has 2 aromatic heterocycles. The number of hydrogen-bond acceptors (Lipinski definition) is 5. The van der Waals surface area contributed by atoms with Crippen LogP contribution in [0.2, 0.25) is 0 Å². The minimum Gasteiger partial charge on any atom is -0.359 e. The first-order valence-corrected chi connectivity index (χ1v) is 12.0. The van der Waals surface area contributed by atoms with E-state index in [4.69, 9.17) is 0 Å². The molecule has 0 saturated heterocycles. The van der Waals surface area contributed by atoms with E-state index < -0.39 is 0 Å². The third-order valence-corrected chi connectivity index (χ3v) is 6.39. The number of aromatic nitrogens is 3. The summed E-state index contributed by atoms with van der Waals surface area (Å²) in [7, 11) is 1.65. The van der Waals surface area contributed by atoms with Crippen LogP contribution in [0, 0.1) is 0 Å². The third kappa shape index (κ3) is 5.84. The van der Waals surface area contributed by atoms with Gasteiger partial charge in [0.25, 0.3) is 5.91 Å². The molecule has 3 N–H and O–H groups in total. The fourth-order valence-corrected chi connectivity index (χ4v) is 4.31. The zero-order chi connectivity index (χ0) is 23.0. The molecule has 2 aromatic carbocycles. The predicted molar refractivity (Wildman–Crippen MR) is 131 cm³/mol. The number of thiazole rings is 1. The largest absolute Gasteiger partial charge is 0.359 e. The molecule has 7 nitrogen and oxygen atoms in total. The number of benzene rings is 2. The van der Waals surface area contributed by atoms with Gasteiger partial charge in [0.15, 0.2) is 0 Å². The van der Waals surface area contributed by atoms with E-state index in [2.05, 4.69) is 55.9 Å². The Bertz CT molecular complexity index is 1220. The summed E-state index contributed by atoms with van der Waals surface area (Å²) in [6.07, 6.45) is 7.22. The fraction of sp³-hybridized carbons (Fsp3) is 0.280. The SMILES string of the molecule is CNC(=O)CCCCC[C@H](NC(=O)c1cncs1)c1ncc(-c2ccc3ccccc3c2)[nH]1. The number of amides is 2. The normalized spacial score (nSPS) is 11.9. The zero-order valence-corrected chi connectivity index (χ0v) is 19.3. The molecule has 8 heteroatoms. The lowest BCUT2D eigenvalue weighted by molar-refractivity contribution is -0.120. The van der Waals surface area contributed by atoms with E-state index in [1.807, 2.05) is 18.3 Å². The van der Waals surface area contributed by atoms with E-state index >= 15 is 0 Å². The quantitative estimate of drug-likeness (QED) is 0.294. The van der Waals surface area contributed by atoms with Crippen LogP contribution in [0.5, 0.6) is 0 Å². The standard InChI is InChI=1S/C25H27N5O2S/c1-26-23(31)10-4-2-3-9-20(30-25(32)22-15-27-16-33-22)24-28-14-21(29-24)19-12-11-17-7-5-6-8-18(17)13-19/h5-8,11-16,20H,2-4,9-10H2,1H3,(H,26,31)(H,28,29)(H,30,32)/t20-/m0/s1. The van der Waals surface area contributed by atoms with Gasteiger partial charge in [-0.05, 0) is 29.7 Å². The Morgan fingerprint density at radius 3 is 2.70 bits per heavy atom. The number of rotatable bonds is 10. The highest BCUT2D eigenvalue weighted by Crippen LogP contribution is 2.26. The van der Waals surface area contributed by atoms with Crippen molar-refractivity contribution in [3.8, 4) is 11.3 Å². The van der Waals surface area contributed by atoms with Crippen molar-refractivity contribution in [3.05, 3.63) is 71.1 Å². The minimum atomic E-state index is -0.256. The van der Waals surface area contributed by atoms with Gasteiger partial charge in [0.2, 0.25) is 5.91 Å². The summed E-state index contributed by atoms with van der Waals surface area (Å²) in [5.41, 5.74) is 3.60. The highest BCUT2D eigenvalue weighted by molar-refractivity contribution is 7.11. The van der Waals surface area contributed by atoms with Crippen LogP contribution < -0.4 is 10.6 Å². The van der Waals surface area contributed by atoms with Crippen molar-refractivity contribution >= 4 is 33.9 Å². The average molecular weight is 462 g/mol. The maximum atomic E-state index is 12.7. The molecular formula is C25H27N5O2S. The first kappa shape index (κ1) is 22.7. The second-order valence-electron chi connectivity index (χ2n) is 7.91. The smallest absolute Gasteiger partial charge is 0.263 e. The van der Waals surface area contributed by atoms with Crippen molar-refractivity contribution in [3.63, 3.8) is 0 Å². The highest BCUT2D eigenvalue weighted by atomic mass is 32.1. The zero-order valence-electron chi connectivity index (χ0n) is 18.5. The summed E-state index contributed by atoms with van der Waals surface area (Å²) in [5, 5.41) is 8.10. The Morgan fingerprint density at radius 2 is 1.91 bits per heavy atom. The van der Waals surface area contributed by atoms with E-state index in [0.717, 1.165) is 48.2 Å². The first-order chi connectivity index (χ1) is 16.1. The number of unbranched alkanes of at least 4 members (excludes halogenated alkanes) is 2. The van der Waals surface area contributed by atoms with Gasteiger partial charge < -0.3 is 15.6 Å². The lowest BCUT2D eigenvalue weighted by Crippen LogP contribution is -2.28. The fourth-order valence-electron chi connectivity index (χ4n) is 3.79. The second kappa shape index (κ2) is 10.9. The van der Waals surface area contributed by atoms with Crippen molar-refractivity contribution in [2.24, 2.45) is 0 Å². The number of fused-ring (bicyclic) bond motifs is 1. The molecule has 0 radical (unpaired) electrons. The Hall–Kier alpha value is -3.52. The van der Waals surface area contributed by atoms with Gasteiger partial charge in [-0.15, -0.1) is 11.3 Å². The molecular weight excluding hydrogens is 434 g/mol. The second-order valence-corrected chi connectivity index (χ2v) is 8.79. The Kier molecular flexibility index (Phi) is 7.47. The molecule has 2 heterocycles. The van der Waals surface area contributed by atoms with Gasteiger partial charge in [0.05, 0.1) is 29.6 Å². The summed E-state index contributed by atoms with van der Waals surface area (Å²) in [6.45, 7) is 0. The van der Waals surface area contributed by atoms with Crippen molar-refractivity contribution in [1.82, 2.24) is 25.6 Å². The van der Waals surface area contributed by atoms with Crippen LogP contribution >= 0.6 is 11.3 Å². The van der Waals surface area contributed by atoms with Gasteiger partial charge >= 0.3 is 0 Å². The van der Waals surface area contributed by atoms with Crippen molar-refractivity contribution in [2.45, 2.75) is 38.1 Å². The van der Waals surface area contributed by atoms with Crippen molar-refractivity contribution < 1.29 is 9.59 Å². The molecule has 0 bridgehead atoms. The van der Waals surface area contributed by atoms with Crippen molar-refractivity contribution in [2.75, 3.05) is 7.05 Å². The molecule has 0 aliphatic rings. The number of H-pyrrole nitrogens is 1. The third-order valence-electron chi connectivity index (χ3n) is 5.62. The predicted octanol–water partition coefficient (Wildman–Crippen LogP) is 4.85. The van der Waals surface area contributed by atoms with Gasteiger partial charge in [-0.1, -0.05) is 49.2 Å². The van der Waals surface area contributed by atoms with Crippen molar-refractivity contribution in [1.29, 1.82) is 0 Å². The Morgan fingerprint density at radius 1 is 1.06 bits per heavy atom. The van der Waals surface area contributed by atoms with Gasteiger partial charge in [-0.2, -0.15) is 0 Å². The molecule has 0 saturated carbocycles. The molecule has 4 rings (SSSR count). The van der Waals surface area contributed by atoms with E-state index in [0.29, 0.717) is 11.3 Å². The molecule has 2 amide bonds. The number of imidazole rings is 1. The number of aromatic amines is 1. The number of carbonyl (C=O) groups is 2. The summed E-state index contributed by atoms with van der Waals surface area (Å²) in [5.74, 6) is 0.620. The molecule has 0 unspecified atom stereocenters. The lowest BCUT2D eigenvalue weighted by Gasteiger charge is -2.16. The molecule has 0 fully saturated rings. The van der Waals surface area contributed by atoms with Crippen LogP contribution in [0.15, 0.2) is 60.4 Å². The molecule has 4 aromatic rings. The topological polar surface area (TPSA) is 99.8 Å². The number of hydrogen-bond donors (Lipinski definition) is 3. The summed E-state index contributed by atoms with van der Waals surface area (Å²) in [4.78, 5) is 36.7. The maximum absolute atomic E-state index is 12.7. The average Bonchev–Trinajstić information content (AvgIpc) is 3.55. The monoisotopic (exact) mass is 461 g/mol. The van der Waals surface area contributed by atoms with Crippen LogP contribution in [-0.4, -0.2) is 33.8 Å². The molecule has 33 heavy (non-hydrogen) atoms. The van der Waals surface area contributed by atoms with E-state index in [1.54, 1.807) is 18.8 Å². The summed E-state index contributed by atoms with van der Waals surface area (Å²) in [6, 6.07) is 14.3. The number of nitrogens with one attached hydrogen (secondary N) is 3. The lowest BCUT2D eigenvalue weighted by atomic mass is 10.1.